The Balaban J connectivity index is 1.60. The second-order valence-electron chi connectivity index (χ2n) is 6.12. The molecule has 1 heterocycles. The largest absolute Gasteiger partial charge is 0.454 e. The number of amides is 2. The van der Waals surface area contributed by atoms with Crippen LogP contribution in [-0.4, -0.2) is 30.1 Å². The number of carbonyl (C=O) groups excluding carboxylic acids is 1. The van der Waals surface area contributed by atoms with Gasteiger partial charge in [-0.25, -0.2) is 9.18 Å². The molecule has 2 aromatic rings. The molecule has 1 aliphatic heterocycles. The Morgan fingerprint density at radius 1 is 1.12 bits per heavy atom. The molecular weight excluding hydrogens is 321 g/mol. The van der Waals surface area contributed by atoms with E-state index in [1.165, 1.54) is 6.07 Å². The summed E-state index contributed by atoms with van der Waals surface area (Å²) in [6.45, 7) is 1.95. The molecule has 0 radical (unpaired) electrons. The second kappa shape index (κ2) is 7.98. The third kappa shape index (κ3) is 4.48. The van der Waals surface area contributed by atoms with Gasteiger partial charge < -0.3 is 20.7 Å². The Labute approximate surface area is 146 Å². The highest BCUT2D eigenvalue weighted by molar-refractivity contribution is 5.72. The number of carbonyl (C=O) groups is 1. The Hall–Kier alpha value is -2.60. The average molecular weight is 343 g/mol. The molecule has 0 atom stereocenters. The zero-order valence-corrected chi connectivity index (χ0v) is 14.0. The van der Waals surface area contributed by atoms with Crippen LogP contribution in [0.2, 0.25) is 0 Å². The van der Waals surface area contributed by atoms with Crippen LogP contribution < -0.4 is 15.8 Å². The number of hydrogen-bond donors (Lipinski definition) is 2. The molecule has 2 amide bonds. The van der Waals surface area contributed by atoms with Gasteiger partial charge >= 0.3 is 6.03 Å². The van der Waals surface area contributed by atoms with E-state index in [1.807, 2.05) is 24.3 Å². The number of rotatable bonds is 5. The summed E-state index contributed by atoms with van der Waals surface area (Å²) in [6.07, 6.45) is 1.72. The predicted molar refractivity (Wildman–Crippen MR) is 93.9 cm³/mol. The van der Waals surface area contributed by atoms with Crippen LogP contribution in [0.3, 0.4) is 0 Å². The number of primary amides is 1. The monoisotopic (exact) mass is 343 g/mol. The van der Waals surface area contributed by atoms with Gasteiger partial charge in [0.15, 0.2) is 11.6 Å². The van der Waals surface area contributed by atoms with E-state index >= 15 is 0 Å². The number of nitrogens with two attached hydrogens (primary N) is 1. The molecule has 132 valence electrons. The summed E-state index contributed by atoms with van der Waals surface area (Å²) >= 11 is 0. The van der Waals surface area contributed by atoms with Crippen LogP contribution in [0.1, 0.15) is 18.4 Å². The molecule has 0 aliphatic carbocycles. The molecule has 5 nitrogen and oxygen atoms in total. The molecule has 2 aromatic carbocycles. The van der Waals surface area contributed by atoms with Gasteiger partial charge in [-0.1, -0.05) is 30.3 Å². The van der Waals surface area contributed by atoms with Gasteiger partial charge in [-0.2, -0.15) is 0 Å². The first kappa shape index (κ1) is 17.2. The minimum Gasteiger partial charge on any atom is -0.454 e. The van der Waals surface area contributed by atoms with Crippen LogP contribution in [0.15, 0.2) is 48.5 Å². The molecule has 0 saturated carbocycles. The van der Waals surface area contributed by atoms with Crippen molar-refractivity contribution in [3.63, 3.8) is 0 Å². The lowest BCUT2D eigenvalue weighted by molar-refractivity contribution is 0.185. The summed E-state index contributed by atoms with van der Waals surface area (Å²) in [7, 11) is 0. The normalized spacial score (nSPS) is 15.2. The Morgan fingerprint density at radius 2 is 1.76 bits per heavy atom. The van der Waals surface area contributed by atoms with E-state index in [0.717, 1.165) is 18.4 Å². The lowest BCUT2D eigenvalue weighted by atomic mass is 10.0. The van der Waals surface area contributed by atoms with Gasteiger partial charge in [0.1, 0.15) is 5.75 Å². The van der Waals surface area contributed by atoms with Crippen LogP contribution in [-0.2, 0) is 6.54 Å². The van der Waals surface area contributed by atoms with Crippen LogP contribution in [0, 0.1) is 5.82 Å². The molecule has 1 aliphatic rings. The van der Waals surface area contributed by atoms with Crippen molar-refractivity contribution in [2.24, 2.45) is 5.73 Å². The number of ether oxygens (including phenoxy) is 1. The molecule has 0 bridgehead atoms. The standard InChI is InChI=1S/C19H22FN3O2/c20-16-6-2-4-8-18(16)25-17-7-3-1-5-14(17)13-22-15-9-11-23(12-10-15)19(21)24/h1-8,15,22H,9-13H2,(H2,21,24). The number of nitrogens with one attached hydrogen (secondary N) is 1. The van der Waals surface area contributed by atoms with Crippen molar-refractivity contribution in [3.05, 3.63) is 59.9 Å². The zero-order chi connectivity index (χ0) is 17.6. The third-order valence-corrected chi connectivity index (χ3v) is 4.42. The van der Waals surface area contributed by atoms with E-state index in [9.17, 15) is 9.18 Å². The maximum absolute atomic E-state index is 13.8. The molecule has 0 unspecified atom stereocenters. The number of urea groups is 1. The van der Waals surface area contributed by atoms with E-state index in [-0.39, 0.29) is 17.6 Å². The minimum atomic E-state index is -0.385. The van der Waals surface area contributed by atoms with Gasteiger partial charge in [-0.15, -0.1) is 0 Å². The predicted octanol–water partition coefficient (Wildman–Crippen LogP) is 3.25. The smallest absolute Gasteiger partial charge is 0.314 e. The molecule has 1 saturated heterocycles. The van der Waals surface area contributed by atoms with Crippen molar-refractivity contribution in [1.82, 2.24) is 10.2 Å². The van der Waals surface area contributed by atoms with Crippen molar-refractivity contribution in [2.75, 3.05) is 13.1 Å². The highest BCUT2D eigenvalue weighted by Gasteiger charge is 2.21. The Bertz CT molecular complexity index is 730. The van der Waals surface area contributed by atoms with Crippen LogP contribution in [0.4, 0.5) is 9.18 Å². The van der Waals surface area contributed by atoms with Gasteiger partial charge in [0.05, 0.1) is 0 Å². The molecule has 6 heteroatoms. The van der Waals surface area contributed by atoms with Gasteiger partial charge in [0.2, 0.25) is 0 Å². The van der Waals surface area contributed by atoms with Gasteiger partial charge in [0.25, 0.3) is 0 Å². The van der Waals surface area contributed by atoms with Crippen molar-refractivity contribution >= 4 is 6.03 Å². The van der Waals surface area contributed by atoms with Crippen LogP contribution in [0.25, 0.3) is 0 Å². The van der Waals surface area contributed by atoms with Crippen molar-refractivity contribution in [3.8, 4) is 11.5 Å². The molecule has 25 heavy (non-hydrogen) atoms. The van der Waals surface area contributed by atoms with Crippen molar-refractivity contribution in [2.45, 2.75) is 25.4 Å². The van der Waals surface area contributed by atoms with Gasteiger partial charge in [0, 0.05) is 31.2 Å². The summed E-state index contributed by atoms with van der Waals surface area (Å²) < 4.78 is 19.5. The summed E-state index contributed by atoms with van der Waals surface area (Å²) in [5.74, 6) is 0.462. The molecule has 3 rings (SSSR count). The Kier molecular flexibility index (Phi) is 5.50. The summed E-state index contributed by atoms with van der Waals surface area (Å²) in [5, 5.41) is 3.49. The second-order valence-corrected chi connectivity index (χ2v) is 6.12. The SMILES string of the molecule is NC(=O)N1CCC(NCc2ccccc2Oc2ccccc2F)CC1. The maximum Gasteiger partial charge on any atom is 0.314 e. The lowest BCUT2D eigenvalue weighted by Gasteiger charge is -2.31. The number of likely N-dealkylation sites (tertiary alicyclic amines) is 1. The molecule has 0 spiro atoms. The molecular formula is C19H22FN3O2. The number of piperidine rings is 1. The first-order chi connectivity index (χ1) is 12.1. The zero-order valence-electron chi connectivity index (χ0n) is 14.0. The fourth-order valence-corrected chi connectivity index (χ4v) is 2.95. The topological polar surface area (TPSA) is 67.6 Å². The quantitative estimate of drug-likeness (QED) is 0.876. The fourth-order valence-electron chi connectivity index (χ4n) is 2.95. The van der Waals surface area contributed by atoms with Crippen molar-refractivity contribution < 1.29 is 13.9 Å². The fraction of sp³-hybridized carbons (Fsp3) is 0.316. The molecule has 1 fully saturated rings. The average Bonchev–Trinajstić information content (AvgIpc) is 2.63. The third-order valence-electron chi connectivity index (χ3n) is 4.42. The molecule has 3 N–H and O–H groups in total. The highest BCUT2D eigenvalue weighted by Crippen LogP contribution is 2.27. The lowest BCUT2D eigenvalue weighted by Crippen LogP contribution is -2.46. The summed E-state index contributed by atoms with van der Waals surface area (Å²) in [6, 6.07) is 13.9. The van der Waals surface area contributed by atoms with Gasteiger partial charge in [-0.05, 0) is 31.0 Å². The summed E-state index contributed by atoms with van der Waals surface area (Å²) in [5.41, 5.74) is 6.26. The van der Waals surface area contributed by atoms with E-state index in [1.54, 1.807) is 23.1 Å². The van der Waals surface area contributed by atoms with Crippen molar-refractivity contribution in [1.29, 1.82) is 0 Å². The summed E-state index contributed by atoms with van der Waals surface area (Å²) in [4.78, 5) is 12.8. The van der Waals surface area contributed by atoms with Gasteiger partial charge in [-0.3, -0.25) is 0 Å². The number of halogens is 1. The van der Waals surface area contributed by atoms with Crippen LogP contribution in [0.5, 0.6) is 11.5 Å². The first-order valence-electron chi connectivity index (χ1n) is 8.41. The first-order valence-corrected chi connectivity index (χ1v) is 8.41. The number of benzene rings is 2. The van der Waals surface area contributed by atoms with E-state index < -0.39 is 0 Å². The highest BCUT2D eigenvalue weighted by atomic mass is 19.1. The van der Waals surface area contributed by atoms with E-state index in [2.05, 4.69) is 5.32 Å². The van der Waals surface area contributed by atoms with E-state index in [4.69, 9.17) is 10.5 Å². The number of nitrogens with zero attached hydrogens (tertiary/aromatic N) is 1. The van der Waals surface area contributed by atoms with E-state index in [0.29, 0.717) is 31.4 Å². The Morgan fingerprint density at radius 3 is 2.44 bits per heavy atom. The molecule has 0 aromatic heterocycles. The number of para-hydroxylation sites is 2. The number of hydrogen-bond acceptors (Lipinski definition) is 3. The minimum absolute atomic E-state index is 0.213. The van der Waals surface area contributed by atoms with Crippen LogP contribution >= 0.6 is 0 Å². The maximum atomic E-state index is 13.8.